The highest BCUT2D eigenvalue weighted by atomic mass is 19.1. The van der Waals surface area contributed by atoms with Crippen molar-refractivity contribution in [3.05, 3.63) is 77.3 Å². The first-order valence-electron chi connectivity index (χ1n) is 10.7. The first-order valence-corrected chi connectivity index (χ1v) is 10.7. The molecule has 2 aromatic carbocycles. The number of amides is 2. The van der Waals surface area contributed by atoms with Crippen LogP contribution in [0.15, 0.2) is 58.8 Å². The van der Waals surface area contributed by atoms with Crippen LogP contribution in [0.1, 0.15) is 37.8 Å². The number of allylic oxidation sites excluding steroid dienone is 1. The van der Waals surface area contributed by atoms with Crippen molar-refractivity contribution in [2.45, 2.75) is 26.3 Å². The lowest BCUT2D eigenvalue weighted by Crippen LogP contribution is -2.46. The second-order valence-corrected chi connectivity index (χ2v) is 7.57. The number of nitrogens with one attached hydrogen (secondary N) is 1. The summed E-state index contributed by atoms with van der Waals surface area (Å²) in [5, 5.41) is 6.96. The van der Waals surface area contributed by atoms with E-state index in [9.17, 15) is 13.6 Å². The molecule has 1 atom stereocenters. The quantitative estimate of drug-likeness (QED) is 0.488. The molecule has 0 fully saturated rings. The maximum absolute atomic E-state index is 14.0. The lowest BCUT2D eigenvalue weighted by molar-refractivity contribution is 0.136. The molecule has 0 saturated heterocycles. The van der Waals surface area contributed by atoms with E-state index in [-0.39, 0.29) is 23.6 Å². The Hall–Kier alpha value is -3.59. The number of ether oxygens (including phenoxy) is 1. The number of rotatable bonds is 8. The van der Waals surface area contributed by atoms with Gasteiger partial charge in [0, 0.05) is 31.0 Å². The number of halogens is 2. The number of carbonyl (C=O) groups excluding carboxylic acids is 1. The molecule has 0 spiro atoms. The minimum atomic E-state index is -0.683. The van der Waals surface area contributed by atoms with Gasteiger partial charge in [-0.25, -0.2) is 13.6 Å². The van der Waals surface area contributed by atoms with Gasteiger partial charge in [-0.1, -0.05) is 17.3 Å². The van der Waals surface area contributed by atoms with Crippen LogP contribution in [0.4, 0.5) is 13.6 Å². The fourth-order valence-electron chi connectivity index (χ4n) is 3.78. The molecule has 3 aromatic rings. The van der Waals surface area contributed by atoms with Gasteiger partial charge in [0.05, 0.1) is 11.6 Å². The summed E-state index contributed by atoms with van der Waals surface area (Å²) in [6.07, 6.45) is 0.640. The molecule has 2 amide bonds. The van der Waals surface area contributed by atoms with Gasteiger partial charge in [0.15, 0.2) is 0 Å². The largest absolute Gasteiger partial charge is 0.382 e. The van der Waals surface area contributed by atoms with Crippen LogP contribution in [0.2, 0.25) is 0 Å². The van der Waals surface area contributed by atoms with Gasteiger partial charge in [0.2, 0.25) is 5.82 Å². The summed E-state index contributed by atoms with van der Waals surface area (Å²) in [7, 11) is 0. The molecule has 33 heavy (non-hydrogen) atoms. The normalized spacial score (nSPS) is 16.3. The zero-order valence-corrected chi connectivity index (χ0v) is 18.3. The zero-order valence-electron chi connectivity index (χ0n) is 18.3. The minimum Gasteiger partial charge on any atom is -0.382 e. The maximum Gasteiger partial charge on any atom is 0.322 e. The monoisotopic (exact) mass is 454 g/mol. The third-order valence-corrected chi connectivity index (χ3v) is 5.41. The second-order valence-electron chi connectivity index (χ2n) is 7.57. The van der Waals surface area contributed by atoms with Crippen molar-refractivity contribution in [2.24, 2.45) is 0 Å². The van der Waals surface area contributed by atoms with Crippen molar-refractivity contribution in [1.29, 1.82) is 0 Å². The highest BCUT2D eigenvalue weighted by Crippen LogP contribution is 2.37. The summed E-state index contributed by atoms with van der Waals surface area (Å²) >= 11 is 0. The van der Waals surface area contributed by atoms with E-state index in [1.165, 1.54) is 24.3 Å². The Bertz CT molecular complexity index is 1160. The van der Waals surface area contributed by atoms with Crippen LogP contribution in [-0.4, -0.2) is 40.8 Å². The first-order chi connectivity index (χ1) is 16.0. The molecule has 0 bridgehead atoms. The van der Waals surface area contributed by atoms with E-state index in [0.29, 0.717) is 48.6 Å². The Morgan fingerprint density at radius 3 is 2.67 bits per heavy atom. The van der Waals surface area contributed by atoms with Gasteiger partial charge >= 0.3 is 6.03 Å². The molecule has 0 radical (unpaired) electrons. The van der Waals surface area contributed by atoms with Gasteiger partial charge in [-0.2, -0.15) is 4.98 Å². The lowest BCUT2D eigenvalue weighted by Gasteiger charge is -2.35. The maximum atomic E-state index is 14.0. The molecule has 1 N–H and O–H groups in total. The summed E-state index contributed by atoms with van der Waals surface area (Å²) < 4.78 is 38.2. The van der Waals surface area contributed by atoms with Crippen molar-refractivity contribution in [3.63, 3.8) is 0 Å². The SMILES string of the molecule is CCOCCCN1C(=O)NC(c2cccc(F)c2)C(c2nc(-c3ccc(F)cc3)no2)=C1C. The van der Waals surface area contributed by atoms with E-state index in [1.807, 2.05) is 6.92 Å². The van der Waals surface area contributed by atoms with Gasteiger partial charge < -0.3 is 14.6 Å². The van der Waals surface area contributed by atoms with Gasteiger partial charge in [-0.3, -0.25) is 4.90 Å². The van der Waals surface area contributed by atoms with Crippen LogP contribution in [-0.2, 0) is 4.74 Å². The predicted molar refractivity (Wildman–Crippen MR) is 118 cm³/mol. The van der Waals surface area contributed by atoms with Crippen LogP contribution in [0.5, 0.6) is 0 Å². The van der Waals surface area contributed by atoms with Gasteiger partial charge in [-0.15, -0.1) is 0 Å². The van der Waals surface area contributed by atoms with E-state index < -0.39 is 11.9 Å². The van der Waals surface area contributed by atoms with E-state index in [4.69, 9.17) is 9.26 Å². The van der Waals surface area contributed by atoms with E-state index in [1.54, 1.807) is 36.1 Å². The number of aromatic nitrogens is 2. The highest BCUT2D eigenvalue weighted by molar-refractivity contribution is 5.86. The molecule has 0 saturated carbocycles. The molecule has 1 aliphatic heterocycles. The van der Waals surface area contributed by atoms with Crippen LogP contribution < -0.4 is 5.32 Å². The molecule has 0 aliphatic carbocycles. The summed E-state index contributed by atoms with van der Waals surface area (Å²) in [6, 6.07) is 10.7. The molecule has 2 heterocycles. The number of carbonyl (C=O) groups is 1. The number of hydrogen-bond acceptors (Lipinski definition) is 5. The average molecular weight is 454 g/mol. The predicted octanol–water partition coefficient (Wildman–Crippen LogP) is 4.94. The highest BCUT2D eigenvalue weighted by Gasteiger charge is 2.35. The molecule has 4 rings (SSSR count). The molecule has 172 valence electrons. The molecular formula is C24H24F2N4O3. The standard InChI is InChI=1S/C24H24F2N4O3/c1-3-32-13-5-12-30-15(2)20(21(27-24(30)31)17-6-4-7-19(26)14-17)23-28-22(29-33-23)16-8-10-18(25)11-9-16/h4,6-11,14,21H,3,5,12-13H2,1-2H3,(H,27,31). The molecule has 1 aromatic heterocycles. The van der Waals surface area contributed by atoms with Crippen molar-refractivity contribution < 1.29 is 22.8 Å². The van der Waals surface area contributed by atoms with Crippen molar-refractivity contribution in [1.82, 2.24) is 20.4 Å². The Kier molecular flexibility index (Phi) is 6.79. The number of nitrogens with zero attached hydrogens (tertiary/aromatic N) is 3. The van der Waals surface area contributed by atoms with E-state index in [0.717, 1.165) is 0 Å². The van der Waals surface area contributed by atoms with Crippen LogP contribution >= 0.6 is 0 Å². The Morgan fingerprint density at radius 2 is 1.94 bits per heavy atom. The first kappa shape index (κ1) is 22.6. The molecule has 7 nitrogen and oxygen atoms in total. The fourth-order valence-corrected chi connectivity index (χ4v) is 3.78. The molecule has 9 heteroatoms. The van der Waals surface area contributed by atoms with Crippen LogP contribution in [0.25, 0.3) is 17.0 Å². The minimum absolute atomic E-state index is 0.191. The Morgan fingerprint density at radius 1 is 1.15 bits per heavy atom. The Balaban J connectivity index is 1.74. The molecule has 1 unspecified atom stereocenters. The summed E-state index contributed by atoms with van der Waals surface area (Å²) in [5.74, 6) is -0.320. The van der Waals surface area contributed by atoms with E-state index >= 15 is 0 Å². The van der Waals surface area contributed by atoms with Crippen molar-refractivity contribution >= 4 is 11.6 Å². The van der Waals surface area contributed by atoms with Crippen LogP contribution in [0.3, 0.4) is 0 Å². The van der Waals surface area contributed by atoms with Crippen molar-refractivity contribution in [3.8, 4) is 11.4 Å². The Labute approximate surface area is 190 Å². The average Bonchev–Trinajstić information content (AvgIpc) is 3.28. The van der Waals surface area contributed by atoms with Gasteiger partial charge in [0.1, 0.15) is 11.6 Å². The second kappa shape index (κ2) is 9.91. The summed E-state index contributed by atoms with van der Waals surface area (Å²) in [5.41, 5.74) is 2.32. The summed E-state index contributed by atoms with van der Waals surface area (Å²) in [4.78, 5) is 19.0. The molecule has 1 aliphatic rings. The third-order valence-electron chi connectivity index (χ3n) is 5.41. The summed E-state index contributed by atoms with van der Waals surface area (Å²) in [6.45, 7) is 5.25. The van der Waals surface area contributed by atoms with E-state index in [2.05, 4.69) is 15.5 Å². The lowest BCUT2D eigenvalue weighted by atomic mass is 9.94. The van der Waals surface area contributed by atoms with Gasteiger partial charge in [-0.05, 0) is 62.2 Å². The van der Waals surface area contributed by atoms with Gasteiger partial charge in [0.25, 0.3) is 5.89 Å². The third kappa shape index (κ3) is 4.93. The van der Waals surface area contributed by atoms with Crippen LogP contribution in [0, 0.1) is 11.6 Å². The zero-order chi connectivity index (χ0) is 23.4. The number of benzene rings is 2. The van der Waals surface area contributed by atoms with Crippen molar-refractivity contribution in [2.75, 3.05) is 19.8 Å². The molecular weight excluding hydrogens is 430 g/mol. The smallest absolute Gasteiger partial charge is 0.322 e. The number of urea groups is 1. The fraction of sp³-hybridized carbons (Fsp3) is 0.292. The number of hydrogen-bond donors (Lipinski definition) is 1. The topological polar surface area (TPSA) is 80.5 Å².